The highest BCUT2D eigenvalue weighted by Gasteiger charge is 2.18. The van der Waals surface area contributed by atoms with E-state index in [4.69, 9.17) is 4.42 Å². The Kier molecular flexibility index (Phi) is 3.49. The third kappa shape index (κ3) is 2.79. The van der Waals surface area contributed by atoms with Crippen LogP contribution in [0, 0.1) is 0 Å². The number of amides is 1. The van der Waals surface area contributed by atoms with Crippen molar-refractivity contribution >= 4 is 11.6 Å². The molecule has 4 rings (SSSR count). The predicted molar refractivity (Wildman–Crippen MR) is 86.2 cm³/mol. The van der Waals surface area contributed by atoms with Crippen molar-refractivity contribution in [2.75, 3.05) is 5.32 Å². The molecular formula is C17H18N4O2. The Morgan fingerprint density at radius 1 is 1.30 bits per heavy atom. The van der Waals surface area contributed by atoms with E-state index in [-0.39, 0.29) is 5.91 Å². The van der Waals surface area contributed by atoms with Crippen LogP contribution in [0.25, 0.3) is 11.5 Å². The Hall–Kier alpha value is -2.76. The number of nitrogens with one attached hydrogen (secondary N) is 2. The highest BCUT2D eigenvalue weighted by atomic mass is 16.3. The maximum Gasteiger partial charge on any atom is 0.272 e. The van der Waals surface area contributed by atoms with Crippen molar-refractivity contribution in [3.05, 3.63) is 48.6 Å². The summed E-state index contributed by atoms with van der Waals surface area (Å²) in [5.74, 6) is 0.520. The van der Waals surface area contributed by atoms with E-state index in [0.717, 1.165) is 24.2 Å². The number of hydrogen-bond donors (Lipinski definition) is 2. The van der Waals surface area contributed by atoms with E-state index >= 15 is 0 Å². The summed E-state index contributed by atoms with van der Waals surface area (Å²) < 4.78 is 7.28. The maximum absolute atomic E-state index is 12.3. The second kappa shape index (κ2) is 5.79. The molecule has 1 amide bonds. The number of nitrogens with zero attached hydrogens (tertiary/aromatic N) is 2. The summed E-state index contributed by atoms with van der Waals surface area (Å²) in [5, 5.41) is 7.24. The number of carbonyl (C=O) groups is 1. The number of aromatic nitrogens is 3. The number of H-pyrrole nitrogens is 1. The monoisotopic (exact) mass is 310 g/mol. The van der Waals surface area contributed by atoms with Gasteiger partial charge in [0, 0.05) is 6.20 Å². The number of rotatable bonds is 4. The lowest BCUT2D eigenvalue weighted by Gasteiger charge is -2.08. The fourth-order valence-electron chi connectivity index (χ4n) is 3.07. The molecule has 0 atom stereocenters. The van der Waals surface area contributed by atoms with Crippen LogP contribution < -0.4 is 5.32 Å². The van der Waals surface area contributed by atoms with Gasteiger partial charge >= 0.3 is 0 Å². The van der Waals surface area contributed by atoms with Gasteiger partial charge in [-0.05, 0) is 37.1 Å². The standard InChI is InChI=1S/C17H18N4O2/c22-17(15-8-7-14(20-15)16-6-3-9-23-16)19-12-10-18-21(11-12)13-4-1-2-5-13/h3,6-11,13,20H,1-2,4-5H2,(H,19,22). The second-order valence-corrected chi connectivity index (χ2v) is 5.86. The van der Waals surface area contributed by atoms with Crippen LogP contribution in [-0.2, 0) is 0 Å². The van der Waals surface area contributed by atoms with Gasteiger partial charge in [0.05, 0.1) is 29.9 Å². The van der Waals surface area contributed by atoms with Crippen molar-refractivity contribution in [3.63, 3.8) is 0 Å². The molecular weight excluding hydrogens is 292 g/mol. The van der Waals surface area contributed by atoms with Gasteiger partial charge in [0.1, 0.15) is 11.5 Å². The fraction of sp³-hybridized carbons (Fsp3) is 0.294. The van der Waals surface area contributed by atoms with Crippen LogP contribution in [-0.4, -0.2) is 20.7 Å². The minimum atomic E-state index is -0.186. The van der Waals surface area contributed by atoms with Gasteiger partial charge in [0.25, 0.3) is 5.91 Å². The molecule has 3 aromatic heterocycles. The number of hydrogen-bond acceptors (Lipinski definition) is 3. The van der Waals surface area contributed by atoms with Crippen molar-refractivity contribution in [3.8, 4) is 11.5 Å². The Bertz CT molecular complexity index is 794. The topological polar surface area (TPSA) is 75.8 Å². The molecule has 2 N–H and O–H groups in total. The fourth-order valence-corrected chi connectivity index (χ4v) is 3.07. The molecule has 1 aliphatic carbocycles. The summed E-state index contributed by atoms with van der Waals surface area (Å²) in [4.78, 5) is 15.4. The maximum atomic E-state index is 12.3. The molecule has 0 saturated heterocycles. The first kappa shape index (κ1) is 13.9. The molecule has 3 aromatic rings. The average Bonchev–Trinajstić information content (AvgIpc) is 3.30. The largest absolute Gasteiger partial charge is 0.463 e. The lowest BCUT2D eigenvalue weighted by Crippen LogP contribution is -2.12. The first-order valence-corrected chi connectivity index (χ1v) is 7.88. The molecule has 1 fully saturated rings. The molecule has 0 bridgehead atoms. The van der Waals surface area contributed by atoms with E-state index in [1.54, 1.807) is 18.5 Å². The summed E-state index contributed by atoms with van der Waals surface area (Å²) in [6, 6.07) is 7.70. The van der Waals surface area contributed by atoms with Crippen LogP contribution in [0.3, 0.4) is 0 Å². The minimum Gasteiger partial charge on any atom is -0.463 e. The van der Waals surface area contributed by atoms with E-state index in [1.165, 1.54) is 12.8 Å². The second-order valence-electron chi connectivity index (χ2n) is 5.86. The lowest BCUT2D eigenvalue weighted by atomic mass is 10.3. The Morgan fingerprint density at radius 3 is 2.96 bits per heavy atom. The van der Waals surface area contributed by atoms with Gasteiger partial charge in [0.2, 0.25) is 0 Å². The molecule has 118 valence electrons. The lowest BCUT2D eigenvalue weighted by molar-refractivity contribution is 0.102. The quantitative estimate of drug-likeness (QED) is 0.768. The number of furan rings is 1. The third-order valence-corrected chi connectivity index (χ3v) is 4.28. The minimum absolute atomic E-state index is 0.186. The van der Waals surface area contributed by atoms with Crippen LogP contribution in [0.5, 0.6) is 0 Å². The number of carbonyl (C=O) groups excluding carboxylic acids is 1. The third-order valence-electron chi connectivity index (χ3n) is 4.28. The summed E-state index contributed by atoms with van der Waals surface area (Å²) >= 11 is 0. The van der Waals surface area contributed by atoms with Crippen molar-refractivity contribution in [1.29, 1.82) is 0 Å². The molecule has 23 heavy (non-hydrogen) atoms. The number of aromatic amines is 1. The molecule has 3 heterocycles. The van der Waals surface area contributed by atoms with Gasteiger partial charge in [-0.15, -0.1) is 0 Å². The highest BCUT2D eigenvalue weighted by Crippen LogP contribution is 2.29. The summed E-state index contributed by atoms with van der Waals surface area (Å²) in [6.45, 7) is 0. The van der Waals surface area contributed by atoms with Crippen molar-refractivity contribution < 1.29 is 9.21 Å². The van der Waals surface area contributed by atoms with E-state index in [9.17, 15) is 4.79 Å². The van der Waals surface area contributed by atoms with Crippen molar-refractivity contribution in [2.45, 2.75) is 31.7 Å². The smallest absolute Gasteiger partial charge is 0.272 e. The summed E-state index contributed by atoms with van der Waals surface area (Å²) in [7, 11) is 0. The van der Waals surface area contributed by atoms with Gasteiger partial charge < -0.3 is 14.7 Å². The molecule has 0 unspecified atom stereocenters. The van der Waals surface area contributed by atoms with Gasteiger partial charge in [-0.25, -0.2) is 0 Å². The van der Waals surface area contributed by atoms with E-state index < -0.39 is 0 Å². The average molecular weight is 310 g/mol. The van der Waals surface area contributed by atoms with Crippen LogP contribution in [0.4, 0.5) is 5.69 Å². The van der Waals surface area contributed by atoms with Crippen LogP contribution in [0.1, 0.15) is 42.2 Å². The Balaban J connectivity index is 1.45. The molecule has 0 radical (unpaired) electrons. The molecule has 1 saturated carbocycles. The first-order chi connectivity index (χ1) is 11.3. The highest BCUT2D eigenvalue weighted by molar-refractivity contribution is 6.03. The molecule has 6 heteroatoms. The molecule has 1 aliphatic rings. The summed E-state index contributed by atoms with van der Waals surface area (Å²) in [5.41, 5.74) is 1.99. The molecule has 0 aliphatic heterocycles. The zero-order valence-corrected chi connectivity index (χ0v) is 12.7. The van der Waals surface area contributed by atoms with Crippen LogP contribution in [0.15, 0.2) is 47.3 Å². The van der Waals surface area contributed by atoms with Gasteiger partial charge in [-0.2, -0.15) is 5.10 Å². The predicted octanol–water partition coefficient (Wildman–Crippen LogP) is 3.84. The molecule has 0 spiro atoms. The van der Waals surface area contributed by atoms with Gasteiger partial charge in [0.15, 0.2) is 0 Å². The normalized spacial score (nSPS) is 15.1. The van der Waals surface area contributed by atoms with Gasteiger partial charge in [-0.3, -0.25) is 9.48 Å². The van der Waals surface area contributed by atoms with E-state index in [2.05, 4.69) is 15.4 Å². The van der Waals surface area contributed by atoms with E-state index in [1.807, 2.05) is 29.1 Å². The SMILES string of the molecule is O=C(Nc1cnn(C2CCCC2)c1)c1ccc(-c2ccco2)[nH]1. The van der Waals surface area contributed by atoms with Crippen LogP contribution in [0.2, 0.25) is 0 Å². The van der Waals surface area contributed by atoms with E-state index in [0.29, 0.717) is 17.5 Å². The summed E-state index contributed by atoms with van der Waals surface area (Å²) in [6.07, 6.45) is 10.1. The first-order valence-electron chi connectivity index (χ1n) is 7.88. The Labute approximate surface area is 133 Å². The van der Waals surface area contributed by atoms with Gasteiger partial charge in [-0.1, -0.05) is 12.8 Å². The van der Waals surface area contributed by atoms with Crippen molar-refractivity contribution in [2.24, 2.45) is 0 Å². The zero-order chi connectivity index (χ0) is 15.6. The molecule has 0 aromatic carbocycles. The number of anilines is 1. The van der Waals surface area contributed by atoms with Crippen molar-refractivity contribution in [1.82, 2.24) is 14.8 Å². The zero-order valence-electron chi connectivity index (χ0n) is 12.7. The Morgan fingerprint density at radius 2 is 2.17 bits per heavy atom. The van der Waals surface area contributed by atoms with Crippen LogP contribution >= 0.6 is 0 Å². The molecule has 6 nitrogen and oxygen atoms in total.